The molecule has 17 heavy (non-hydrogen) atoms. The lowest BCUT2D eigenvalue weighted by Gasteiger charge is -2.02. The normalized spacial score (nSPS) is 21.8. The fourth-order valence-electron chi connectivity index (χ4n) is 1.99. The van der Waals surface area contributed by atoms with Crippen LogP contribution >= 0.6 is 11.3 Å². The van der Waals surface area contributed by atoms with Crippen LogP contribution in [-0.2, 0) is 4.74 Å². The van der Waals surface area contributed by atoms with E-state index in [4.69, 9.17) is 9.26 Å². The van der Waals surface area contributed by atoms with Crippen molar-refractivity contribution in [1.82, 2.24) is 10.1 Å². The van der Waals surface area contributed by atoms with Crippen LogP contribution in [0.5, 0.6) is 0 Å². The number of hydrogen-bond donors (Lipinski definition) is 0. The molecule has 1 fully saturated rings. The van der Waals surface area contributed by atoms with Crippen LogP contribution in [0.2, 0.25) is 0 Å². The highest BCUT2D eigenvalue weighted by Gasteiger charge is 2.25. The van der Waals surface area contributed by atoms with Crippen molar-refractivity contribution >= 4 is 11.3 Å². The lowest BCUT2D eigenvalue weighted by Crippen LogP contribution is -2.01. The van der Waals surface area contributed by atoms with Gasteiger partial charge in [0.25, 0.3) is 0 Å². The number of thiophene rings is 1. The molecule has 1 saturated heterocycles. The van der Waals surface area contributed by atoms with Crippen molar-refractivity contribution in [3.05, 3.63) is 34.1 Å². The lowest BCUT2D eigenvalue weighted by molar-refractivity contribution is 0.192. The molecule has 0 aromatic carbocycles. The zero-order valence-electron chi connectivity index (χ0n) is 9.63. The standard InChI is InChI=1S/C12H14N2O2S/c1-8(10-3-2-6-17-10)12-13-11(14-16-12)9-4-5-15-7-9/h2-3,6,8-9H,4-5,7H2,1H3/t8-,9-/m1/s1. The van der Waals surface area contributed by atoms with Crippen LogP contribution in [0.25, 0.3) is 0 Å². The molecule has 0 N–H and O–H groups in total. The van der Waals surface area contributed by atoms with Gasteiger partial charge in [0.1, 0.15) is 0 Å². The summed E-state index contributed by atoms with van der Waals surface area (Å²) in [6.45, 7) is 3.61. The molecule has 4 nitrogen and oxygen atoms in total. The Morgan fingerprint density at radius 2 is 2.47 bits per heavy atom. The van der Waals surface area contributed by atoms with Crippen LogP contribution in [0.3, 0.4) is 0 Å². The Morgan fingerprint density at radius 1 is 1.53 bits per heavy atom. The zero-order chi connectivity index (χ0) is 11.7. The topological polar surface area (TPSA) is 48.2 Å². The fourth-order valence-corrected chi connectivity index (χ4v) is 2.76. The van der Waals surface area contributed by atoms with Gasteiger partial charge in [0.15, 0.2) is 5.82 Å². The second-order valence-electron chi connectivity index (χ2n) is 4.29. The van der Waals surface area contributed by atoms with Crippen molar-refractivity contribution in [2.45, 2.75) is 25.2 Å². The van der Waals surface area contributed by atoms with Gasteiger partial charge in [-0.2, -0.15) is 4.98 Å². The van der Waals surface area contributed by atoms with E-state index in [-0.39, 0.29) is 5.92 Å². The van der Waals surface area contributed by atoms with Crippen LogP contribution in [0, 0.1) is 0 Å². The first kappa shape index (κ1) is 10.9. The van der Waals surface area contributed by atoms with Gasteiger partial charge in [0, 0.05) is 17.4 Å². The molecule has 0 radical (unpaired) electrons. The summed E-state index contributed by atoms with van der Waals surface area (Å²) in [5, 5.41) is 6.13. The third-order valence-corrected chi connectivity index (χ3v) is 4.15. The van der Waals surface area contributed by atoms with Crippen LogP contribution in [-0.4, -0.2) is 23.4 Å². The van der Waals surface area contributed by atoms with Gasteiger partial charge in [-0.25, -0.2) is 0 Å². The number of ether oxygens (including phenoxy) is 1. The van der Waals surface area contributed by atoms with Crippen LogP contribution in [0.15, 0.2) is 22.0 Å². The van der Waals surface area contributed by atoms with E-state index in [1.165, 1.54) is 4.88 Å². The number of rotatable bonds is 3. The van der Waals surface area contributed by atoms with Gasteiger partial charge in [-0.15, -0.1) is 11.3 Å². The summed E-state index contributed by atoms with van der Waals surface area (Å²) in [6, 6.07) is 4.14. The zero-order valence-corrected chi connectivity index (χ0v) is 10.4. The summed E-state index contributed by atoms with van der Waals surface area (Å²) < 4.78 is 10.7. The average Bonchev–Trinajstić information content (AvgIpc) is 3.09. The van der Waals surface area contributed by atoms with E-state index in [1.54, 1.807) is 11.3 Å². The van der Waals surface area contributed by atoms with Gasteiger partial charge in [0.2, 0.25) is 5.89 Å². The molecule has 0 aliphatic carbocycles. The van der Waals surface area contributed by atoms with E-state index >= 15 is 0 Å². The van der Waals surface area contributed by atoms with Gasteiger partial charge in [-0.1, -0.05) is 11.2 Å². The van der Waals surface area contributed by atoms with Crippen LogP contribution in [0.1, 0.15) is 41.8 Å². The minimum atomic E-state index is 0.179. The Morgan fingerprint density at radius 3 is 3.18 bits per heavy atom. The van der Waals surface area contributed by atoms with Gasteiger partial charge >= 0.3 is 0 Å². The van der Waals surface area contributed by atoms with Gasteiger partial charge in [-0.3, -0.25) is 0 Å². The van der Waals surface area contributed by atoms with E-state index < -0.39 is 0 Å². The minimum Gasteiger partial charge on any atom is -0.381 e. The summed E-state index contributed by atoms with van der Waals surface area (Å²) in [5.74, 6) is 1.98. The third kappa shape index (κ3) is 2.12. The largest absolute Gasteiger partial charge is 0.381 e. The first-order chi connectivity index (χ1) is 8.34. The lowest BCUT2D eigenvalue weighted by atomic mass is 10.1. The molecule has 3 rings (SSSR count). The minimum absolute atomic E-state index is 0.179. The molecule has 0 bridgehead atoms. The predicted octanol–water partition coefficient (Wildman–Crippen LogP) is 2.79. The van der Waals surface area contributed by atoms with Gasteiger partial charge in [-0.05, 0) is 24.8 Å². The van der Waals surface area contributed by atoms with Crippen LogP contribution in [0.4, 0.5) is 0 Å². The summed E-state index contributed by atoms with van der Waals surface area (Å²) in [7, 11) is 0. The first-order valence-electron chi connectivity index (χ1n) is 5.79. The summed E-state index contributed by atoms with van der Waals surface area (Å²) >= 11 is 1.71. The number of hydrogen-bond acceptors (Lipinski definition) is 5. The molecule has 5 heteroatoms. The van der Waals surface area contributed by atoms with Crippen molar-refractivity contribution in [3.63, 3.8) is 0 Å². The molecule has 2 atom stereocenters. The first-order valence-corrected chi connectivity index (χ1v) is 6.67. The smallest absolute Gasteiger partial charge is 0.234 e. The highest BCUT2D eigenvalue weighted by atomic mass is 32.1. The van der Waals surface area contributed by atoms with Crippen LogP contribution < -0.4 is 0 Å². The second-order valence-corrected chi connectivity index (χ2v) is 5.27. The maximum Gasteiger partial charge on any atom is 0.234 e. The summed E-state index contributed by atoms with van der Waals surface area (Å²) in [6.07, 6.45) is 0.992. The SMILES string of the molecule is C[C@@H](c1nc([C@@H]2CCOC2)no1)c1cccs1. The van der Waals surface area contributed by atoms with E-state index in [1.807, 2.05) is 6.07 Å². The van der Waals surface area contributed by atoms with Gasteiger partial charge < -0.3 is 9.26 Å². The Hall–Kier alpha value is -1.20. The molecule has 0 saturated carbocycles. The molecule has 0 spiro atoms. The Labute approximate surface area is 104 Å². The monoisotopic (exact) mass is 250 g/mol. The van der Waals surface area contributed by atoms with Crippen molar-refractivity contribution in [2.75, 3.05) is 13.2 Å². The molecule has 2 aromatic rings. The highest BCUT2D eigenvalue weighted by molar-refractivity contribution is 7.10. The number of nitrogens with zero attached hydrogens (tertiary/aromatic N) is 2. The third-order valence-electron chi connectivity index (χ3n) is 3.09. The van der Waals surface area contributed by atoms with E-state index in [0.29, 0.717) is 18.4 Å². The van der Waals surface area contributed by atoms with Gasteiger partial charge in [0.05, 0.1) is 12.5 Å². The highest BCUT2D eigenvalue weighted by Crippen LogP contribution is 2.29. The molecule has 3 heterocycles. The summed E-state index contributed by atoms with van der Waals surface area (Å²) in [5.41, 5.74) is 0. The molecular weight excluding hydrogens is 236 g/mol. The molecule has 0 amide bonds. The molecule has 1 aliphatic heterocycles. The fraction of sp³-hybridized carbons (Fsp3) is 0.500. The molecule has 2 aromatic heterocycles. The van der Waals surface area contributed by atoms with Crippen molar-refractivity contribution < 1.29 is 9.26 Å². The predicted molar refractivity (Wildman–Crippen MR) is 64.3 cm³/mol. The van der Waals surface area contributed by atoms with Crippen molar-refractivity contribution in [2.24, 2.45) is 0 Å². The van der Waals surface area contributed by atoms with Crippen molar-refractivity contribution in [3.8, 4) is 0 Å². The Balaban J connectivity index is 1.80. The molecule has 0 unspecified atom stereocenters. The second kappa shape index (κ2) is 4.58. The molecule has 1 aliphatic rings. The summed E-state index contributed by atoms with van der Waals surface area (Å²) in [4.78, 5) is 5.75. The quantitative estimate of drug-likeness (QED) is 0.840. The van der Waals surface area contributed by atoms with E-state index in [2.05, 4.69) is 28.5 Å². The maximum absolute atomic E-state index is 5.35. The Bertz CT molecular complexity index is 474. The van der Waals surface area contributed by atoms with Crippen molar-refractivity contribution in [1.29, 1.82) is 0 Å². The molecular formula is C12H14N2O2S. The maximum atomic E-state index is 5.35. The van der Waals surface area contributed by atoms with E-state index in [9.17, 15) is 0 Å². The van der Waals surface area contributed by atoms with E-state index in [0.717, 1.165) is 18.9 Å². The molecule has 90 valence electrons. The Kier molecular flexibility index (Phi) is 2.94. The number of aromatic nitrogens is 2. The average molecular weight is 250 g/mol.